The minimum atomic E-state index is -0.655. The molecule has 0 bridgehead atoms. The van der Waals surface area contributed by atoms with Crippen LogP contribution < -0.4 is 14.8 Å². The van der Waals surface area contributed by atoms with Gasteiger partial charge in [-0.05, 0) is 37.0 Å². The molecular formula is C18H22N2O6. The van der Waals surface area contributed by atoms with E-state index < -0.39 is 11.9 Å². The van der Waals surface area contributed by atoms with Crippen molar-refractivity contribution in [1.29, 1.82) is 0 Å². The van der Waals surface area contributed by atoms with E-state index in [1.807, 2.05) is 0 Å². The minimum absolute atomic E-state index is 0.122. The number of amides is 2. The predicted octanol–water partition coefficient (Wildman–Crippen LogP) is 0.947. The highest BCUT2D eigenvalue weighted by atomic mass is 16.7. The zero-order valence-corrected chi connectivity index (χ0v) is 14.7. The Morgan fingerprint density at radius 1 is 1.27 bits per heavy atom. The van der Waals surface area contributed by atoms with Crippen molar-refractivity contribution in [1.82, 2.24) is 10.2 Å². The van der Waals surface area contributed by atoms with Crippen molar-refractivity contribution in [2.75, 3.05) is 33.0 Å². The molecule has 0 saturated carbocycles. The highest BCUT2D eigenvalue weighted by Gasteiger charge is 2.22. The van der Waals surface area contributed by atoms with Crippen LogP contribution in [0.5, 0.6) is 11.5 Å². The van der Waals surface area contributed by atoms with Crippen molar-refractivity contribution < 1.29 is 28.6 Å². The number of carbonyl (C=O) groups is 3. The lowest BCUT2D eigenvalue weighted by Crippen LogP contribution is -2.42. The van der Waals surface area contributed by atoms with E-state index in [4.69, 9.17) is 14.2 Å². The predicted molar refractivity (Wildman–Crippen MR) is 90.8 cm³/mol. The summed E-state index contributed by atoms with van der Waals surface area (Å²) in [5.74, 6) is 0.235. The summed E-state index contributed by atoms with van der Waals surface area (Å²) in [5, 5.41) is 2.47. The second-order valence-corrected chi connectivity index (χ2v) is 6.50. The zero-order valence-electron chi connectivity index (χ0n) is 14.7. The number of hydrogen-bond donors (Lipinski definition) is 1. The molecule has 2 aliphatic rings. The van der Waals surface area contributed by atoms with Gasteiger partial charge in [0, 0.05) is 18.7 Å². The molecule has 0 aliphatic carbocycles. The van der Waals surface area contributed by atoms with Crippen molar-refractivity contribution in [3.05, 3.63) is 23.8 Å². The molecule has 1 saturated heterocycles. The Balaban J connectivity index is 1.41. The molecule has 1 unspecified atom stereocenters. The molecule has 1 aromatic carbocycles. The van der Waals surface area contributed by atoms with Crippen LogP contribution in [0.15, 0.2) is 18.2 Å². The number of likely N-dealkylation sites (tertiary alicyclic amines) is 1. The molecule has 2 amide bonds. The summed E-state index contributed by atoms with van der Waals surface area (Å²) in [4.78, 5) is 37.6. The Labute approximate surface area is 151 Å². The lowest BCUT2D eigenvalue weighted by atomic mass is 10.0. The van der Waals surface area contributed by atoms with Crippen molar-refractivity contribution in [2.45, 2.75) is 19.8 Å². The van der Waals surface area contributed by atoms with Gasteiger partial charge < -0.3 is 24.4 Å². The Morgan fingerprint density at radius 2 is 2.08 bits per heavy atom. The average molecular weight is 362 g/mol. The number of nitrogens with zero attached hydrogens (tertiary/aromatic N) is 1. The molecule has 1 N–H and O–H groups in total. The number of fused-ring (bicyclic) bond motifs is 1. The van der Waals surface area contributed by atoms with Gasteiger partial charge in [-0.25, -0.2) is 0 Å². The van der Waals surface area contributed by atoms with Crippen molar-refractivity contribution >= 4 is 17.8 Å². The average Bonchev–Trinajstić information content (AvgIpc) is 3.11. The first-order valence-corrected chi connectivity index (χ1v) is 8.64. The lowest BCUT2D eigenvalue weighted by Gasteiger charge is -2.30. The van der Waals surface area contributed by atoms with Gasteiger partial charge in [0.2, 0.25) is 6.79 Å². The number of rotatable bonds is 5. The monoisotopic (exact) mass is 362 g/mol. The number of nitrogens with one attached hydrogen (secondary N) is 1. The van der Waals surface area contributed by atoms with Gasteiger partial charge in [0.15, 0.2) is 18.1 Å². The fraction of sp³-hybridized carbons (Fsp3) is 0.500. The van der Waals surface area contributed by atoms with Gasteiger partial charge in [-0.3, -0.25) is 14.4 Å². The standard InChI is InChI=1S/C18H22N2O6/c1-12-3-2-6-20(9-12)16(21)10-24-17(22)8-19-18(23)13-4-5-14-15(7-13)26-11-25-14/h4-5,7,12H,2-3,6,8-11H2,1H3,(H,19,23). The molecule has 2 heterocycles. The topological polar surface area (TPSA) is 94.2 Å². The first-order valence-electron chi connectivity index (χ1n) is 8.64. The quantitative estimate of drug-likeness (QED) is 0.784. The Hall–Kier alpha value is -2.77. The van der Waals surface area contributed by atoms with Crippen LogP contribution in [0, 0.1) is 5.92 Å². The largest absolute Gasteiger partial charge is 0.454 e. The zero-order chi connectivity index (χ0) is 18.5. The molecule has 140 valence electrons. The van der Waals surface area contributed by atoms with E-state index in [2.05, 4.69) is 12.2 Å². The molecule has 26 heavy (non-hydrogen) atoms. The maximum atomic E-state index is 12.1. The van der Waals surface area contributed by atoms with Gasteiger partial charge >= 0.3 is 5.97 Å². The highest BCUT2D eigenvalue weighted by molar-refractivity contribution is 5.96. The summed E-state index contributed by atoms with van der Waals surface area (Å²) >= 11 is 0. The molecule has 2 aliphatic heterocycles. The van der Waals surface area contributed by atoms with Crippen LogP contribution in [0.25, 0.3) is 0 Å². The molecule has 3 rings (SSSR count). The number of ether oxygens (including phenoxy) is 3. The Kier molecular flexibility index (Phi) is 5.60. The molecule has 1 fully saturated rings. The molecule has 1 atom stereocenters. The van der Waals surface area contributed by atoms with Crippen molar-refractivity contribution in [3.63, 3.8) is 0 Å². The highest BCUT2D eigenvalue weighted by Crippen LogP contribution is 2.32. The Morgan fingerprint density at radius 3 is 2.88 bits per heavy atom. The molecule has 8 heteroatoms. The van der Waals surface area contributed by atoms with Gasteiger partial charge in [-0.1, -0.05) is 6.92 Å². The first-order chi connectivity index (χ1) is 12.5. The number of esters is 1. The number of carbonyl (C=O) groups excluding carboxylic acids is 3. The molecule has 0 spiro atoms. The molecular weight excluding hydrogens is 340 g/mol. The van der Waals surface area contributed by atoms with Gasteiger partial charge in [0.25, 0.3) is 11.8 Å². The molecule has 8 nitrogen and oxygen atoms in total. The van der Waals surface area contributed by atoms with Gasteiger partial charge in [-0.15, -0.1) is 0 Å². The third kappa shape index (κ3) is 4.44. The SMILES string of the molecule is CC1CCCN(C(=O)COC(=O)CNC(=O)c2ccc3c(c2)OCO3)C1. The van der Waals surface area contributed by atoms with Crippen LogP contribution in [-0.4, -0.2) is 55.7 Å². The Bertz CT molecular complexity index is 705. The number of piperidine rings is 1. The van der Waals surface area contributed by atoms with Gasteiger partial charge in [0.05, 0.1) is 0 Å². The lowest BCUT2D eigenvalue weighted by molar-refractivity contribution is -0.151. The third-order valence-electron chi connectivity index (χ3n) is 4.39. The maximum Gasteiger partial charge on any atom is 0.325 e. The van der Waals surface area contributed by atoms with Gasteiger partial charge in [0.1, 0.15) is 6.54 Å². The van der Waals surface area contributed by atoms with Crippen LogP contribution in [0.1, 0.15) is 30.1 Å². The fourth-order valence-corrected chi connectivity index (χ4v) is 2.99. The van der Waals surface area contributed by atoms with E-state index in [-0.39, 0.29) is 25.9 Å². The summed E-state index contributed by atoms with van der Waals surface area (Å²) in [6.07, 6.45) is 2.07. The van der Waals surface area contributed by atoms with Crippen LogP contribution >= 0.6 is 0 Å². The van der Waals surface area contributed by atoms with Crippen LogP contribution in [0.3, 0.4) is 0 Å². The van der Waals surface area contributed by atoms with Crippen LogP contribution in [0.4, 0.5) is 0 Å². The van der Waals surface area contributed by atoms with E-state index in [1.54, 1.807) is 23.1 Å². The van der Waals surface area contributed by atoms with Crippen LogP contribution in [-0.2, 0) is 14.3 Å². The molecule has 0 aromatic heterocycles. The first kappa shape index (κ1) is 18.0. The summed E-state index contributed by atoms with van der Waals surface area (Å²) in [6, 6.07) is 4.76. The summed E-state index contributed by atoms with van der Waals surface area (Å²) in [7, 11) is 0. The van der Waals surface area contributed by atoms with Crippen LogP contribution in [0.2, 0.25) is 0 Å². The van der Waals surface area contributed by atoms with E-state index in [1.165, 1.54) is 0 Å². The van der Waals surface area contributed by atoms with Crippen molar-refractivity contribution in [2.24, 2.45) is 5.92 Å². The number of benzene rings is 1. The van der Waals surface area contributed by atoms with E-state index in [0.29, 0.717) is 36.1 Å². The fourth-order valence-electron chi connectivity index (χ4n) is 2.99. The van der Waals surface area contributed by atoms with E-state index >= 15 is 0 Å². The normalized spacial score (nSPS) is 18.3. The second-order valence-electron chi connectivity index (χ2n) is 6.50. The van der Waals surface area contributed by atoms with E-state index in [0.717, 1.165) is 12.8 Å². The van der Waals surface area contributed by atoms with Crippen molar-refractivity contribution in [3.8, 4) is 11.5 Å². The second kappa shape index (κ2) is 8.07. The summed E-state index contributed by atoms with van der Waals surface area (Å²) in [5.41, 5.74) is 0.348. The summed E-state index contributed by atoms with van der Waals surface area (Å²) in [6.45, 7) is 2.99. The van der Waals surface area contributed by atoms with Gasteiger partial charge in [-0.2, -0.15) is 0 Å². The third-order valence-corrected chi connectivity index (χ3v) is 4.39. The smallest absolute Gasteiger partial charge is 0.325 e. The number of hydrogen-bond acceptors (Lipinski definition) is 6. The molecule has 1 aromatic rings. The summed E-state index contributed by atoms with van der Waals surface area (Å²) < 4.78 is 15.4. The van der Waals surface area contributed by atoms with E-state index in [9.17, 15) is 14.4 Å². The molecule has 0 radical (unpaired) electrons. The minimum Gasteiger partial charge on any atom is -0.454 e. The maximum absolute atomic E-state index is 12.1.